The lowest BCUT2D eigenvalue weighted by Crippen LogP contribution is -2.41. The molecule has 0 heterocycles. The number of esters is 1. The number of hydrogen-bond acceptors (Lipinski definition) is 6. The molecule has 1 N–H and O–H groups in total. The quantitative estimate of drug-likeness (QED) is 0.228. The minimum absolute atomic E-state index is 0.232. The molecule has 0 spiro atoms. The fraction of sp³-hybridized carbons (Fsp3) is 0.952. The molecular formula is C21H40NO5S-. The Kier molecular flexibility index (Phi) is 13.8. The number of carbonyl (C=O) groups is 1. The zero-order valence-corrected chi connectivity index (χ0v) is 18.4. The van der Waals surface area contributed by atoms with Crippen molar-refractivity contribution in [2.45, 2.75) is 115 Å². The highest BCUT2D eigenvalue weighted by Gasteiger charge is 2.20. The summed E-state index contributed by atoms with van der Waals surface area (Å²) in [6, 6.07) is 0.321. The Morgan fingerprint density at radius 1 is 1.00 bits per heavy atom. The molecule has 1 aliphatic carbocycles. The number of unbranched alkanes of at least 4 members (excludes halogenated alkanes) is 8. The fourth-order valence-corrected chi connectivity index (χ4v) is 4.43. The molecule has 0 aromatic heterocycles. The molecule has 1 unspecified atom stereocenters. The minimum Gasteiger partial charge on any atom is -0.748 e. The summed E-state index contributed by atoms with van der Waals surface area (Å²) in [4.78, 5) is 12.1. The van der Waals surface area contributed by atoms with Crippen LogP contribution >= 0.6 is 0 Å². The first kappa shape index (κ1) is 25.4. The molecule has 1 fully saturated rings. The monoisotopic (exact) mass is 418 g/mol. The van der Waals surface area contributed by atoms with E-state index in [0.29, 0.717) is 6.04 Å². The van der Waals surface area contributed by atoms with Gasteiger partial charge in [0.25, 0.3) is 0 Å². The normalized spacial score (nSPS) is 16.8. The second-order valence-corrected chi connectivity index (χ2v) is 9.61. The van der Waals surface area contributed by atoms with E-state index in [4.69, 9.17) is 4.74 Å². The van der Waals surface area contributed by atoms with Gasteiger partial charge in [0, 0.05) is 19.0 Å². The summed E-state index contributed by atoms with van der Waals surface area (Å²) in [6.07, 6.45) is 15.5. The molecule has 6 nitrogen and oxygen atoms in total. The topological polar surface area (TPSA) is 95.5 Å². The zero-order valence-electron chi connectivity index (χ0n) is 17.6. The van der Waals surface area contributed by atoms with Crippen LogP contribution in [0.15, 0.2) is 0 Å². The van der Waals surface area contributed by atoms with E-state index >= 15 is 0 Å². The van der Waals surface area contributed by atoms with Gasteiger partial charge in [0.15, 0.2) is 0 Å². The van der Waals surface area contributed by atoms with E-state index in [9.17, 15) is 17.8 Å². The molecule has 0 aliphatic heterocycles. The molecule has 7 heteroatoms. The molecular weight excluding hydrogens is 378 g/mol. The summed E-state index contributed by atoms with van der Waals surface area (Å²) >= 11 is 0. The van der Waals surface area contributed by atoms with Crippen LogP contribution in [0, 0.1) is 0 Å². The Hall–Kier alpha value is -0.660. The summed E-state index contributed by atoms with van der Waals surface area (Å²) in [5, 5.41) is 3.27. The summed E-state index contributed by atoms with van der Waals surface area (Å²) in [7, 11) is -4.43. The summed E-state index contributed by atoms with van der Waals surface area (Å²) in [5.41, 5.74) is 0. The number of ether oxygens (including phenoxy) is 1. The molecule has 166 valence electrons. The van der Waals surface area contributed by atoms with Crippen LogP contribution < -0.4 is 5.32 Å². The van der Waals surface area contributed by atoms with Crippen LogP contribution in [-0.2, 0) is 19.6 Å². The standard InChI is InChI=1S/C21H41NO5S/c1-2-3-4-5-6-7-8-9-13-16-21(23)27-20(18-28(24,25)26)17-22-19-14-11-10-12-15-19/h19-20,22H,2-18H2,1H3,(H,24,25,26)/p-1. The van der Waals surface area contributed by atoms with E-state index < -0.39 is 27.9 Å². The maximum absolute atomic E-state index is 12.1. The van der Waals surface area contributed by atoms with Crippen LogP contribution in [0.4, 0.5) is 0 Å². The van der Waals surface area contributed by atoms with Crippen molar-refractivity contribution in [3.8, 4) is 0 Å². The van der Waals surface area contributed by atoms with Crippen LogP contribution in [0.3, 0.4) is 0 Å². The first-order chi connectivity index (χ1) is 13.4. The van der Waals surface area contributed by atoms with Crippen molar-refractivity contribution in [3.05, 3.63) is 0 Å². The van der Waals surface area contributed by atoms with Crippen LogP contribution in [0.5, 0.6) is 0 Å². The second-order valence-electron chi connectivity index (χ2n) is 8.16. The van der Waals surface area contributed by atoms with Gasteiger partial charge in [0.1, 0.15) is 6.10 Å². The summed E-state index contributed by atoms with van der Waals surface area (Å²) in [5.74, 6) is -1.06. The Labute approximate surface area is 171 Å². The average molecular weight is 419 g/mol. The van der Waals surface area contributed by atoms with E-state index in [1.54, 1.807) is 0 Å². The highest BCUT2D eigenvalue weighted by Crippen LogP contribution is 2.17. The molecule has 28 heavy (non-hydrogen) atoms. The molecule has 0 bridgehead atoms. The van der Waals surface area contributed by atoms with Crippen molar-refractivity contribution in [2.75, 3.05) is 12.3 Å². The predicted molar refractivity (Wildman–Crippen MR) is 111 cm³/mol. The van der Waals surface area contributed by atoms with E-state index in [-0.39, 0.29) is 13.0 Å². The van der Waals surface area contributed by atoms with Gasteiger partial charge in [-0.05, 0) is 19.3 Å². The molecule has 0 saturated heterocycles. The Morgan fingerprint density at radius 3 is 2.14 bits per heavy atom. The predicted octanol–water partition coefficient (Wildman–Crippen LogP) is 4.29. The third-order valence-corrected chi connectivity index (χ3v) is 6.19. The van der Waals surface area contributed by atoms with E-state index in [0.717, 1.165) is 44.9 Å². The first-order valence-electron chi connectivity index (χ1n) is 11.3. The molecule has 0 radical (unpaired) electrons. The van der Waals surface area contributed by atoms with Crippen LogP contribution in [0.25, 0.3) is 0 Å². The number of rotatable bonds is 16. The smallest absolute Gasteiger partial charge is 0.306 e. The van der Waals surface area contributed by atoms with Gasteiger partial charge >= 0.3 is 5.97 Å². The molecule has 0 aromatic carbocycles. The molecule has 0 amide bonds. The lowest BCUT2D eigenvalue weighted by molar-refractivity contribution is -0.148. The summed E-state index contributed by atoms with van der Waals surface area (Å²) < 4.78 is 38.7. The SMILES string of the molecule is CCCCCCCCCCCC(=O)OC(CNC1CCCCC1)CS(=O)(=O)[O-]. The number of nitrogens with one attached hydrogen (secondary N) is 1. The van der Waals surface area contributed by atoms with Crippen molar-refractivity contribution in [3.63, 3.8) is 0 Å². The van der Waals surface area contributed by atoms with E-state index in [1.165, 1.54) is 44.9 Å². The van der Waals surface area contributed by atoms with Crippen molar-refractivity contribution >= 4 is 16.1 Å². The zero-order chi connectivity index (χ0) is 20.7. The van der Waals surface area contributed by atoms with Crippen molar-refractivity contribution < 1.29 is 22.5 Å². The van der Waals surface area contributed by atoms with Crippen LogP contribution in [0.1, 0.15) is 103 Å². The average Bonchev–Trinajstić information content (AvgIpc) is 2.64. The second kappa shape index (κ2) is 15.2. The molecule has 0 aromatic rings. The largest absolute Gasteiger partial charge is 0.748 e. The molecule has 1 atom stereocenters. The third-order valence-electron chi connectivity index (χ3n) is 5.41. The molecule has 1 saturated carbocycles. The van der Waals surface area contributed by atoms with Gasteiger partial charge in [-0.25, -0.2) is 8.42 Å². The maximum atomic E-state index is 12.1. The van der Waals surface area contributed by atoms with E-state index in [1.807, 2.05) is 0 Å². The molecule has 1 rings (SSSR count). The van der Waals surface area contributed by atoms with Crippen molar-refractivity contribution in [1.82, 2.24) is 5.32 Å². The van der Waals surface area contributed by atoms with Crippen LogP contribution in [-0.4, -0.2) is 43.4 Å². The van der Waals surface area contributed by atoms with Gasteiger partial charge in [0.2, 0.25) is 0 Å². The minimum atomic E-state index is -4.43. The Bertz CT molecular complexity index is 503. The highest BCUT2D eigenvalue weighted by molar-refractivity contribution is 7.85. The van der Waals surface area contributed by atoms with Gasteiger partial charge in [0.05, 0.1) is 15.9 Å². The highest BCUT2D eigenvalue weighted by atomic mass is 32.2. The van der Waals surface area contributed by atoms with Gasteiger partial charge in [-0.2, -0.15) is 0 Å². The van der Waals surface area contributed by atoms with Gasteiger partial charge < -0.3 is 14.6 Å². The summed E-state index contributed by atoms with van der Waals surface area (Å²) in [6.45, 7) is 2.44. The lowest BCUT2D eigenvalue weighted by atomic mass is 9.95. The maximum Gasteiger partial charge on any atom is 0.306 e. The number of hydrogen-bond donors (Lipinski definition) is 1. The molecule has 1 aliphatic rings. The fourth-order valence-electron chi connectivity index (χ4n) is 3.79. The Balaban J connectivity index is 2.20. The third kappa shape index (κ3) is 14.4. The number of carbonyl (C=O) groups excluding carboxylic acids is 1. The van der Waals surface area contributed by atoms with Crippen LogP contribution in [0.2, 0.25) is 0 Å². The van der Waals surface area contributed by atoms with Crippen molar-refractivity contribution in [1.29, 1.82) is 0 Å². The Morgan fingerprint density at radius 2 is 1.57 bits per heavy atom. The lowest BCUT2D eigenvalue weighted by Gasteiger charge is -2.26. The van der Waals surface area contributed by atoms with Gasteiger partial charge in [-0.3, -0.25) is 4.79 Å². The van der Waals surface area contributed by atoms with E-state index in [2.05, 4.69) is 12.2 Å². The van der Waals surface area contributed by atoms with Crippen molar-refractivity contribution in [2.24, 2.45) is 0 Å². The first-order valence-corrected chi connectivity index (χ1v) is 12.8. The van der Waals surface area contributed by atoms with Gasteiger partial charge in [-0.15, -0.1) is 0 Å². The van der Waals surface area contributed by atoms with Gasteiger partial charge in [-0.1, -0.05) is 77.6 Å².